The Hall–Kier alpha value is 0.736. The summed E-state index contributed by atoms with van der Waals surface area (Å²) < 4.78 is 4.47. The predicted molar refractivity (Wildman–Crippen MR) is 79.1 cm³/mol. The van der Waals surface area contributed by atoms with E-state index in [4.69, 9.17) is 5.73 Å². The van der Waals surface area contributed by atoms with Crippen molar-refractivity contribution in [3.05, 3.63) is 0 Å². The number of hydrogen-bond acceptors (Lipinski definition) is 4. The summed E-state index contributed by atoms with van der Waals surface area (Å²) in [7, 11) is 0. The Bertz CT molecular complexity index is 235. The number of carbonyl (C=O) groups excluding carboxylic acids is 2. The van der Waals surface area contributed by atoms with E-state index in [9.17, 15) is 9.59 Å². The number of carbonyl (C=O) groups is 2. The molecule has 4 nitrogen and oxygen atoms in total. The SMILES string of the molecule is CCCCCCCCCCCC(=O)OC(=O)CN.[KH]. The van der Waals surface area contributed by atoms with Crippen LogP contribution in [0.4, 0.5) is 0 Å². The zero-order valence-corrected chi connectivity index (χ0v) is 11.6. The summed E-state index contributed by atoms with van der Waals surface area (Å²) in [6.45, 7) is 1.98. The standard InChI is InChI=1S/C14H27NO3.K.H/c1-2-3-4-5-6-7-8-9-10-11-13(16)18-14(17)12-15;;/h2-12,15H2,1H3;;. The molecule has 2 N–H and O–H groups in total. The number of rotatable bonds is 11. The van der Waals surface area contributed by atoms with E-state index in [0.29, 0.717) is 6.42 Å². The van der Waals surface area contributed by atoms with Crippen LogP contribution in [0.1, 0.15) is 71.1 Å². The van der Waals surface area contributed by atoms with Gasteiger partial charge in [-0.25, -0.2) is 0 Å². The average Bonchev–Trinajstić information content (AvgIpc) is 2.36. The summed E-state index contributed by atoms with van der Waals surface area (Å²) in [4.78, 5) is 21.8. The van der Waals surface area contributed by atoms with E-state index in [2.05, 4.69) is 11.7 Å². The fourth-order valence-corrected chi connectivity index (χ4v) is 1.80. The fourth-order valence-electron chi connectivity index (χ4n) is 1.80. The summed E-state index contributed by atoms with van der Waals surface area (Å²) in [5.74, 6) is -1.09. The van der Waals surface area contributed by atoms with Gasteiger partial charge in [0.2, 0.25) is 0 Å². The summed E-state index contributed by atoms with van der Waals surface area (Å²) in [6.07, 6.45) is 11.1. The molecule has 0 aromatic rings. The first kappa shape index (κ1) is 22.0. The van der Waals surface area contributed by atoms with Crippen LogP contribution in [0.25, 0.3) is 0 Å². The Morgan fingerprint density at radius 1 is 0.842 bits per heavy atom. The van der Waals surface area contributed by atoms with Gasteiger partial charge < -0.3 is 10.5 Å². The topological polar surface area (TPSA) is 69.4 Å². The first-order valence-corrected chi connectivity index (χ1v) is 7.14. The van der Waals surface area contributed by atoms with Gasteiger partial charge >= 0.3 is 63.3 Å². The van der Waals surface area contributed by atoms with E-state index in [1.807, 2.05) is 0 Å². The third-order valence-corrected chi connectivity index (χ3v) is 2.88. The van der Waals surface area contributed by atoms with Crippen molar-refractivity contribution in [2.45, 2.75) is 71.1 Å². The second-order valence-corrected chi connectivity index (χ2v) is 4.63. The molecule has 108 valence electrons. The van der Waals surface area contributed by atoms with Crippen LogP contribution in [-0.4, -0.2) is 69.9 Å². The number of hydrogen-bond donors (Lipinski definition) is 1. The Balaban J connectivity index is 0. The van der Waals surface area contributed by atoms with Gasteiger partial charge in [0.05, 0.1) is 6.54 Å². The molecule has 19 heavy (non-hydrogen) atoms. The van der Waals surface area contributed by atoms with E-state index < -0.39 is 11.9 Å². The third kappa shape index (κ3) is 16.7. The minimum atomic E-state index is -0.643. The van der Waals surface area contributed by atoms with E-state index >= 15 is 0 Å². The van der Waals surface area contributed by atoms with E-state index in [1.54, 1.807) is 0 Å². The first-order chi connectivity index (χ1) is 8.70. The van der Waals surface area contributed by atoms with Crippen LogP contribution in [-0.2, 0) is 14.3 Å². The average molecular weight is 297 g/mol. The van der Waals surface area contributed by atoms with Crippen molar-refractivity contribution in [3.63, 3.8) is 0 Å². The quantitative estimate of drug-likeness (QED) is 0.275. The summed E-state index contributed by atoms with van der Waals surface area (Å²) in [5.41, 5.74) is 5.04. The Morgan fingerprint density at radius 2 is 1.32 bits per heavy atom. The molecule has 0 heterocycles. The van der Waals surface area contributed by atoms with Crippen LogP contribution in [0.2, 0.25) is 0 Å². The number of nitrogens with two attached hydrogens (primary N) is 1. The number of ether oxygens (including phenoxy) is 1. The molecule has 0 atom stereocenters. The van der Waals surface area contributed by atoms with Crippen LogP contribution in [0.15, 0.2) is 0 Å². The molecule has 0 aliphatic heterocycles. The summed E-state index contributed by atoms with van der Waals surface area (Å²) in [5, 5.41) is 0. The molecule has 0 aliphatic carbocycles. The van der Waals surface area contributed by atoms with Crippen molar-refractivity contribution in [1.82, 2.24) is 0 Å². The molecule has 0 unspecified atom stereocenters. The Morgan fingerprint density at radius 3 is 1.79 bits per heavy atom. The molecule has 0 aromatic heterocycles. The molecular weight excluding hydrogens is 269 g/mol. The second-order valence-electron chi connectivity index (χ2n) is 4.63. The van der Waals surface area contributed by atoms with Crippen LogP contribution in [0, 0.1) is 0 Å². The first-order valence-electron chi connectivity index (χ1n) is 7.14. The van der Waals surface area contributed by atoms with Crippen molar-refractivity contribution >= 4 is 63.3 Å². The van der Waals surface area contributed by atoms with Crippen LogP contribution in [0.3, 0.4) is 0 Å². The fraction of sp³-hybridized carbons (Fsp3) is 0.857. The molecular formula is C14H28KNO3. The number of unbranched alkanes of at least 4 members (excludes halogenated alkanes) is 8. The van der Waals surface area contributed by atoms with E-state index in [1.165, 1.54) is 38.5 Å². The second kappa shape index (κ2) is 16.8. The molecule has 0 saturated heterocycles. The van der Waals surface area contributed by atoms with Crippen LogP contribution >= 0.6 is 0 Å². The Kier molecular flexibility index (Phi) is 19.5. The molecule has 0 radical (unpaired) electrons. The van der Waals surface area contributed by atoms with Crippen molar-refractivity contribution in [1.29, 1.82) is 0 Å². The number of esters is 2. The molecule has 0 bridgehead atoms. The minimum absolute atomic E-state index is 0. The molecule has 0 rings (SSSR count). The van der Waals surface area contributed by atoms with Crippen molar-refractivity contribution < 1.29 is 14.3 Å². The summed E-state index contributed by atoms with van der Waals surface area (Å²) in [6, 6.07) is 0. The van der Waals surface area contributed by atoms with Gasteiger partial charge in [0.1, 0.15) is 0 Å². The normalized spacial score (nSPS) is 9.79. The zero-order valence-electron chi connectivity index (χ0n) is 11.6. The van der Waals surface area contributed by atoms with Gasteiger partial charge in [0, 0.05) is 6.42 Å². The van der Waals surface area contributed by atoms with Crippen LogP contribution < -0.4 is 5.73 Å². The molecule has 0 amide bonds. The molecule has 0 saturated carbocycles. The van der Waals surface area contributed by atoms with Gasteiger partial charge in [0.15, 0.2) is 0 Å². The molecule has 5 heteroatoms. The van der Waals surface area contributed by atoms with Crippen LogP contribution in [0.5, 0.6) is 0 Å². The zero-order chi connectivity index (χ0) is 13.6. The molecule has 0 aromatic carbocycles. The van der Waals surface area contributed by atoms with E-state index in [0.717, 1.165) is 19.3 Å². The predicted octanol–water partition coefficient (Wildman–Crippen LogP) is 2.29. The summed E-state index contributed by atoms with van der Waals surface area (Å²) >= 11 is 0. The molecule has 0 fully saturated rings. The maximum atomic E-state index is 11.1. The van der Waals surface area contributed by atoms with Gasteiger partial charge in [-0.15, -0.1) is 0 Å². The third-order valence-electron chi connectivity index (χ3n) is 2.88. The molecule has 0 spiro atoms. The monoisotopic (exact) mass is 297 g/mol. The van der Waals surface area contributed by atoms with Crippen molar-refractivity contribution in [3.8, 4) is 0 Å². The van der Waals surface area contributed by atoms with Crippen molar-refractivity contribution in [2.75, 3.05) is 6.54 Å². The van der Waals surface area contributed by atoms with Gasteiger partial charge in [-0.05, 0) is 6.42 Å². The molecule has 0 aliphatic rings. The van der Waals surface area contributed by atoms with Gasteiger partial charge in [-0.2, -0.15) is 0 Å². The maximum absolute atomic E-state index is 11.1. The van der Waals surface area contributed by atoms with Gasteiger partial charge in [-0.3, -0.25) is 9.59 Å². The van der Waals surface area contributed by atoms with Gasteiger partial charge in [-0.1, -0.05) is 58.3 Å². The Labute approximate surface area is 159 Å². The van der Waals surface area contributed by atoms with Gasteiger partial charge in [0.25, 0.3) is 0 Å². The van der Waals surface area contributed by atoms with Crippen molar-refractivity contribution in [2.24, 2.45) is 5.73 Å². The van der Waals surface area contributed by atoms with E-state index in [-0.39, 0.29) is 57.9 Å².